The molecular weight excluding hydrogens is 372 g/mol. The van der Waals surface area contributed by atoms with Crippen LogP contribution in [-0.4, -0.2) is 39.4 Å². The molecule has 0 bridgehead atoms. The molecule has 5 rings (SSSR count). The number of thiophene rings is 1. The summed E-state index contributed by atoms with van der Waals surface area (Å²) >= 11 is 1.76. The summed E-state index contributed by atoms with van der Waals surface area (Å²) < 4.78 is 0. The molecule has 6 heteroatoms. The van der Waals surface area contributed by atoms with E-state index in [-0.39, 0.29) is 17.6 Å². The van der Waals surface area contributed by atoms with Gasteiger partial charge in [-0.05, 0) is 36.1 Å². The van der Waals surface area contributed by atoms with Crippen molar-refractivity contribution in [2.24, 2.45) is 0 Å². The van der Waals surface area contributed by atoms with Crippen LogP contribution < -0.4 is 0 Å². The molecule has 28 heavy (non-hydrogen) atoms. The van der Waals surface area contributed by atoms with E-state index in [0.29, 0.717) is 6.42 Å². The fraction of sp³-hybridized carbons (Fsp3) is 0.273. The molecule has 1 aromatic heterocycles. The van der Waals surface area contributed by atoms with E-state index in [4.69, 9.17) is 0 Å². The van der Waals surface area contributed by atoms with Gasteiger partial charge in [0.1, 0.15) is 5.70 Å². The maximum atomic E-state index is 12.4. The Bertz CT molecular complexity index is 1020. The molecule has 1 aromatic carbocycles. The summed E-state index contributed by atoms with van der Waals surface area (Å²) in [6.07, 6.45) is 5.23. The average molecular weight is 392 g/mol. The second-order valence-corrected chi connectivity index (χ2v) is 8.63. The molecule has 0 saturated carbocycles. The van der Waals surface area contributed by atoms with Crippen molar-refractivity contribution in [3.05, 3.63) is 74.6 Å². The molecule has 1 amide bonds. The van der Waals surface area contributed by atoms with Gasteiger partial charge in [-0.25, -0.2) is 4.79 Å². The number of fused-ring (bicyclic) bond motifs is 2. The fourth-order valence-electron chi connectivity index (χ4n) is 4.29. The third kappa shape index (κ3) is 2.89. The molecule has 1 N–H and O–H groups in total. The first-order valence-electron chi connectivity index (χ1n) is 9.46. The van der Waals surface area contributed by atoms with Crippen molar-refractivity contribution < 1.29 is 14.7 Å². The van der Waals surface area contributed by atoms with Gasteiger partial charge < -0.3 is 5.11 Å². The highest BCUT2D eigenvalue weighted by Crippen LogP contribution is 2.40. The van der Waals surface area contributed by atoms with Crippen LogP contribution in [0.25, 0.3) is 6.08 Å². The number of β-lactam (4-membered cyclic amide) rings is 1. The highest BCUT2D eigenvalue weighted by Gasteiger charge is 2.48. The van der Waals surface area contributed by atoms with E-state index in [1.54, 1.807) is 17.4 Å². The summed E-state index contributed by atoms with van der Waals surface area (Å²) in [6, 6.07) is 12.6. The highest BCUT2D eigenvalue weighted by molar-refractivity contribution is 7.13. The molecule has 1 atom stereocenters. The topological polar surface area (TPSA) is 60.9 Å². The molecule has 0 spiro atoms. The number of carbonyl (C=O) groups is 2. The Hall–Kier alpha value is -2.70. The molecule has 4 heterocycles. The van der Waals surface area contributed by atoms with Gasteiger partial charge in [0.15, 0.2) is 0 Å². The average Bonchev–Trinajstić information content (AvgIpc) is 3.28. The van der Waals surface area contributed by atoms with Gasteiger partial charge in [0, 0.05) is 35.0 Å². The van der Waals surface area contributed by atoms with Crippen molar-refractivity contribution in [3.8, 4) is 0 Å². The Balaban J connectivity index is 1.30. The molecule has 1 unspecified atom stereocenters. The predicted molar refractivity (Wildman–Crippen MR) is 108 cm³/mol. The van der Waals surface area contributed by atoms with Crippen molar-refractivity contribution >= 4 is 29.3 Å². The minimum atomic E-state index is -1.03. The number of benzene rings is 1. The number of hydrogen-bond acceptors (Lipinski definition) is 4. The van der Waals surface area contributed by atoms with E-state index >= 15 is 0 Å². The fourth-order valence-corrected chi connectivity index (χ4v) is 5.41. The number of amides is 1. The van der Waals surface area contributed by atoms with Crippen LogP contribution in [0.3, 0.4) is 0 Å². The summed E-state index contributed by atoms with van der Waals surface area (Å²) in [5.74, 6) is -1.20. The molecule has 3 aliphatic rings. The van der Waals surface area contributed by atoms with Crippen LogP contribution in [0, 0.1) is 0 Å². The minimum Gasteiger partial charge on any atom is -0.477 e. The molecular formula is C22H20N2O3S. The molecule has 1 fully saturated rings. The number of carboxylic acids is 1. The van der Waals surface area contributed by atoms with Crippen LogP contribution in [0.4, 0.5) is 0 Å². The lowest BCUT2D eigenvalue weighted by Gasteiger charge is -2.38. The molecule has 1 saturated heterocycles. The zero-order valence-electron chi connectivity index (χ0n) is 15.3. The largest absolute Gasteiger partial charge is 0.477 e. The van der Waals surface area contributed by atoms with E-state index in [1.807, 2.05) is 12.1 Å². The smallest absolute Gasteiger partial charge is 0.352 e. The first kappa shape index (κ1) is 17.4. The van der Waals surface area contributed by atoms with Gasteiger partial charge in [0.05, 0.1) is 6.04 Å². The van der Waals surface area contributed by atoms with E-state index in [0.717, 1.165) is 36.5 Å². The van der Waals surface area contributed by atoms with E-state index in [1.165, 1.54) is 20.9 Å². The van der Waals surface area contributed by atoms with Crippen molar-refractivity contribution in [2.75, 3.05) is 6.54 Å². The van der Waals surface area contributed by atoms with Crippen molar-refractivity contribution in [3.63, 3.8) is 0 Å². The summed E-state index contributed by atoms with van der Waals surface area (Å²) in [5, 5.41) is 9.19. The van der Waals surface area contributed by atoms with Gasteiger partial charge >= 0.3 is 5.97 Å². The SMILES string of the molecule is O=C(O)C1=CCC2C(=Cc3cc4c(s3)CCN(Cc3ccccc3)C4)C(=O)N12. The molecule has 0 radical (unpaired) electrons. The standard InChI is InChI=1S/C22H20N2O3S/c25-21-17(18-6-7-19(22(26)27)24(18)21)11-16-10-15-13-23(9-8-20(15)28-16)12-14-4-2-1-3-5-14/h1-5,7,10-11,18H,6,8-9,12-13H2,(H,26,27). The summed E-state index contributed by atoms with van der Waals surface area (Å²) in [5.41, 5.74) is 3.52. The number of rotatable bonds is 4. The monoisotopic (exact) mass is 392 g/mol. The lowest BCUT2D eigenvalue weighted by molar-refractivity contribution is -0.142. The predicted octanol–water partition coefficient (Wildman–Crippen LogP) is 3.27. The maximum absolute atomic E-state index is 12.4. The maximum Gasteiger partial charge on any atom is 0.352 e. The second-order valence-electron chi connectivity index (χ2n) is 7.46. The summed E-state index contributed by atoms with van der Waals surface area (Å²) in [6.45, 7) is 2.92. The van der Waals surface area contributed by atoms with E-state index < -0.39 is 5.97 Å². The Labute approximate surface area is 167 Å². The summed E-state index contributed by atoms with van der Waals surface area (Å²) in [7, 11) is 0. The van der Waals surface area contributed by atoms with Crippen LogP contribution in [0.5, 0.6) is 0 Å². The molecule has 2 aromatic rings. The van der Waals surface area contributed by atoms with Crippen LogP contribution in [0.15, 0.2) is 53.7 Å². The van der Waals surface area contributed by atoms with Crippen LogP contribution in [0.2, 0.25) is 0 Å². The van der Waals surface area contributed by atoms with Gasteiger partial charge in [-0.3, -0.25) is 14.6 Å². The van der Waals surface area contributed by atoms with Crippen molar-refractivity contribution in [1.29, 1.82) is 0 Å². The quantitative estimate of drug-likeness (QED) is 0.641. The molecule has 142 valence electrons. The van der Waals surface area contributed by atoms with Gasteiger partial charge in [0.25, 0.3) is 5.91 Å². The lowest BCUT2D eigenvalue weighted by Crippen LogP contribution is -2.52. The summed E-state index contributed by atoms with van der Waals surface area (Å²) in [4.78, 5) is 30.0. The van der Waals surface area contributed by atoms with Crippen molar-refractivity contribution in [1.82, 2.24) is 9.80 Å². The number of aliphatic carboxylic acids is 1. The second kappa shape index (κ2) is 6.72. The zero-order chi connectivity index (χ0) is 19.3. The van der Waals surface area contributed by atoms with Crippen molar-refractivity contribution in [2.45, 2.75) is 32.0 Å². The Kier molecular flexibility index (Phi) is 4.18. The van der Waals surface area contributed by atoms with Gasteiger partial charge in [0.2, 0.25) is 0 Å². The van der Waals surface area contributed by atoms with E-state index in [9.17, 15) is 14.7 Å². The van der Waals surface area contributed by atoms with Gasteiger partial charge in [-0.1, -0.05) is 36.4 Å². The van der Waals surface area contributed by atoms with Gasteiger partial charge in [-0.2, -0.15) is 0 Å². The Morgan fingerprint density at radius 3 is 2.89 bits per heavy atom. The van der Waals surface area contributed by atoms with Crippen LogP contribution in [-0.2, 0) is 29.1 Å². The normalized spacial score (nSPS) is 22.6. The lowest BCUT2D eigenvalue weighted by atomic mass is 9.94. The molecule has 5 nitrogen and oxygen atoms in total. The molecule has 0 aliphatic carbocycles. The number of carbonyl (C=O) groups excluding carboxylic acids is 1. The third-order valence-corrected chi connectivity index (χ3v) is 6.85. The number of hydrogen-bond donors (Lipinski definition) is 1. The van der Waals surface area contributed by atoms with Crippen LogP contribution >= 0.6 is 11.3 Å². The third-order valence-electron chi connectivity index (χ3n) is 5.66. The van der Waals surface area contributed by atoms with Gasteiger partial charge in [-0.15, -0.1) is 11.3 Å². The highest BCUT2D eigenvalue weighted by atomic mass is 32.1. The number of carboxylic acid groups (broad SMARTS) is 1. The Morgan fingerprint density at radius 1 is 1.29 bits per heavy atom. The first-order chi connectivity index (χ1) is 13.6. The minimum absolute atomic E-state index is 0.104. The van der Waals surface area contributed by atoms with Crippen LogP contribution in [0.1, 0.15) is 27.3 Å². The Morgan fingerprint density at radius 2 is 2.11 bits per heavy atom. The molecule has 3 aliphatic heterocycles. The number of nitrogens with zero attached hydrogens (tertiary/aromatic N) is 2. The first-order valence-corrected chi connectivity index (χ1v) is 10.3. The van der Waals surface area contributed by atoms with E-state index in [2.05, 4.69) is 35.2 Å². The zero-order valence-corrected chi connectivity index (χ0v) is 16.1.